The van der Waals surface area contributed by atoms with Crippen molar-refractivity contribution in [3.63, 3.8) is 0 Å². The lowest BCUT2D eigenvalue weighted by molar-refractivity contribution is -0.151. The van der Waals surface area contributed by atoms with Crippen molar-refractivity contribution >= 4 is 5.97 Å². The van der Waals surface area contributed by atoms with E-state index in [2.05, 4.69) is 12.2 Å². The van der Waals surface area contributed by atoms with Crippen LogP contribution in [0.1, 0.15) is 13.8 Å². The Morgan fingerprint density at radius 2 is 2.42 bits per heavy atom. The lowest BCUT2D eigenvalue weighted by Gasteiger charge is -2.28. The fraction of sp³-hybridized carbons (Fsp3) is 0.556. The third-order valence-electron chi connectivity index (χ3n) is 1.64. The molecule has 1 unspecified atom stereocenters. The van der Waals surface area contributed by atoms with Crippen LogP contribution in [0, 0.1) is 6.92 Å². The van der Waals surface area contributed by atoms with Gasteiger partial charge < -0.3 is 17.0 Å². The van der Waals surface area contributed by atoms with E-state index in [1.165, 1.54) is 0 Å². The first-order valence-electron chi connectivity index (χ1n) is 4.04. The zero-order valence-corrected chi connectivity index (χ0v) is 7.46. The molecule has 0 fully saturated rings. The first-order chi connectivity index (χ1) is 5.54. The molecule has 0 aromatic rings. The number of carbonyl (C=O) groups is 1. The summed E-state index contributed by atoms with van der Waals surface area (Å²) >= 11 is 0. The van der Waals surface area contributed by atoms with E-state index >= 15 is 0 Å². The molecule has 0 aromatic carbocycles. The van der Waals surface area contributed by atoms with E-state index in [0.717, 1.165) is 0 Å². The zero-order valence-electron chi connectivity index (χ0n) is 7.46. The number of nitrogens with one attached hydrogen (secondary N) is 1. The van der Waals surface area contributed by atoms with Crippen LogP contribution in [0.4, 0.5) is 0 Å². The maximum Gasteiger partial charge on any atom is 0.298 e. The topological polar surface area (TPSA) is 38.3 Å². The van der Waals surface area contributed by atoms with Gasteiger partial charge in [-0.3, -0.25) is 4.79 Å². The normalized spacial score (nSPS) is 28.0. The molecule has 0 spiro atoms. The molecule has 1 heterocycles. The predicted molar refractivity (Wildman–Crippen MR) is 46.5 cm³/mol. The molecule has 3 heteroatoms. The minimum absolute atomic E-state index is 0.0908. The molecule has 0 aromatic heterocycles. The molecule has 0 saturated heterocycles. The van der Waals surface area contributed by atoms with E-state index in [9.17, 15) is 4.79 Å². The van der Waals surface area contributed by atoms with Gasteiger partial charge in [-0.25, -0.2) is 0 Å². The van der Waals surface area contributed by atoms with Crippen LogP contribution < -0.4 is 5.32 Å². The Balaban J connectivity index is 2.57. The molecule has 1 aliphatic rings. The minimum atomic E-state index is -0.857. The molecule has 0 aliphatic carbocycles. The zero-order chi connectivity index (χ0) is 9.19. The summed E-state index contributed by atoms with van der Waals surface area (Å²) in [7, 11) is 0. The number of esters is 1. The first-order valence-corrected chi connectivity index (χ1v) is 4.04. The standard InChI is InChI=1S/C9H14NO2/c1-7(2)12-8(11)9(3)5-4-6-10-9/h4-5,7,10H,3,6H2,1-2H3/q-1. The Labute approximate surface area is 72.8 Å². The summed E-state index contributed by atoms with van der Waals surface area (Å²) < 4.78 is 5.02. The second kappa shape index (κ2) is 3.27. The van der Waals surface area contributed by atoms with Crippen molar-refractivity contribution in [2.75, 3.05) is 6.54 Å². The highest BCUT2D eigenvalue weighted by Gasteiger charge is 2.26. The average Bonchev–Trinajstić information content (AvgIpc) is 2.36. The highest BCUT2D eigenvalue weighted by atomic mass is 16.5. The molecule has 0 radical (unpaired) electrons. The highest BCUT2D eigenvalue weighted by Crippen LogP contribution is 2.13. The van der Waals surface area contributed by atoms with Crippen LogP contribution in [-0.2, 0) is 9.53 Å². The van der Waals surface area contributed by atoms with Gasteiger partial charge in [-0.1, -0.05) is 12.2 Å². The summed E-state index contributed by atoms with van der Waals surface area (Å²) in [6.07, 6.45) is 3.51. The SMILES string of the molecule is [CH2-]C1(C(=O)OC(C)C)C=CCN1. The van der Waals surface area contributed by atoms with Crippen LogP contribution in [0.5, 0.6) is 0 Å². The van der Waals surface area contributed by atoms with Gasteiger partial charge in [0, 0.05) is 12.1 Å². The number of rotatable bonds is 2. The van der Waals surface area contributed by atoms with E-state index in [0.29, 0.717) is 6.54 Å². The molecule has 0 bridgehead atoms. The summed E-state index contributed by atoms with van der Waals surface area (Å²) in [4.78, 5) is 11.4. The maximum absolute atomic E-state index is 11.4. The van der Waals surface area contributed by atoms with Crippen LogP contribution in [0.25, 0.3) is 0 Å². The predicted octanol–water partition coefficient (Wildman–Crippen LogP) is 0.670. The van der Waals surface area contributed by atoms with Gasteiger partial charge in [0.15, 0.2) is 0 Å². The van der Waals surface area contributed by atoms with Crippen molar-refractivity contribution in [3.05, 3.63) is 19.1 Å². The van der Waals surface area contributed by atoms with Gasteiger partial charge in [0.05, 0.1) is 6.10 Å². The van der Waals surface area contributed by atoms with Crippen molar-refractivity contribution in [2.24, 2.45) is 0 Å². The number of ether oxygens (including phenoxy) is 1. The summed E-state index contributed by atoms with van der Waals surface area (Å²) in [5.74, 6) is -0.314. The Kier molecular flexibility index (Phi) is 2.52. The van der Waals surface area contributed by atoms with E-state index in [-0.39, 0.29) is 12.1 Å². The van der Waals surface area contributed by atoms with Crippen LogP contribution >= 0.6 is 0 Å². The van der Waals surface area contributed by atoms with E-state index < -0.39 is 5.54 Å². The molecule has 68 valence electrons. The van der Waals surface area contributed by atoms with Gasteiger partial charge in [0.1, 0.15) is 0 Å². The van der Waals surface area contributed by atoms with Gasteiger partial charge in [0.2, 0.25) is 0 Å². The monoisotopic (exact) mass is 168 g/mol. The van der Waals surface area contributed by atoms with Crippen LogP contribution in [0.15, 0.2) is 12.2 Å². The molecule has 12 heavy (non-hydrogen) atoms. The summed E-state index contributed by atoms with van der Waals surface area (Å²) in [5.41, 5.74) is -0.857. The van der Waals surface area contributed by atoms with E-state index in [4.69, 9.17) is 4.74 Å². The Morgan fingerprint density at radius 3 is 2.83 bits per heavy atom. The van der Waals surface area contributed by atoms with Crippen molar-refractivity contribution in [2.45, 2.75) is 25.5 Å². The van der Waals surface area contributed by atoms with Crippen LogP contribution in [0.3, 0.4) is 0 Å². The Bertz CT molecular complexity index is 211. The molecular weight excluding hydrogens is 154 g/mol. The molecule has 1 aliphatic heterocycles. The molecule has 1 N–H and O–H groups in total. The largest absolute Gasteiger partial charge is 0.463 e. The van der Waals surface area contributed by atoms with Gasteiger partial charge in [-0.05, 0) is 13.8 Å². The molecular formula is C9H14NO2-. The lowest BCUT2D eigenvalue weighted by Crippen LogP contribution is -2.46. The summed E-state index contributed by atoms with van der Waals surface area (Å²) in [6, 6.07) is 0. The minimum Gasteiger partial charge on any atom is -0.463 e. The van der Waals surface area contributed by atoms with Crippen molar-refractivity contribution < 1.29 is 9.53 Å². The Hall–Kier alpha value is -0.830. The smallest absolute Gasteiger partial charge is 0.298 e. The van der Waals surface area contributed by atoms with E-state index in [1.807, 2.05) is 19.9 Å². The lowest BCUT2D eigenvalue weighted by atomic mass is 10.1. The average molecular weight is 168 g/mol. The van der Waals surface area contributed by atoms with Gasteiger partial charge >= 0.3 is 0 Å². The number of hydrogen-bond donors (Lipinski definition) is 1. The summed E-state index contributed by atoms with van der Waals surface area (Å²) in [5, 5.41) is 2.94. The van der Waals surface area contributed by atoms with E-state index in [1.54, 1.807) is 6.08 Å². The van der Waals surface area contributed by atoms with Gasteiger partial charge in [0.25, 0.3) is 5.97 Å². The van der Waals surface area contributed by atoms with Gasteiger partial charge in [-0.15, -0.1) is 0 Å². The van der Waals surface area contributed by atoms with Gasteiger partial charge in [-0.2, -0.15) is 0 Å². The quantitative estimate of drug-likeness (QED) is 0.374. The Morgan fingerprint density at radius 1 is 1.75 bits per heavy atom. The molecule has 3 nitrogen and oxygen atoms in total. The molecule has 0 saturated carbocycles. The molecule has 0 amide bonds. The first kappa shape index (κ1) is 9.26. The number of hydrogen-bond acceptors (Lipinski definition) is 3. The maximum atomic E-state index is 11.4. The van der Waals surface area contributed by atoms with Crippen molar-refractivity contribution in [3.8, 4) is 0 Å². The molecule has 1 rings (SSSR count). The second-order valence-electron chi connectivity index (χ2n) is 3.21. The summed E-state index contributed by atoms with van der Waals surface area (Å²) in [6.45, 7) is 8.07. The van der Waals surface area contributed by atoms with Crippen LogP contribution in [0.2, 0.25) is 0 Å². The molecule has 1 atom stereocenters. The number of carbonyl (C=O) groups excluding carboxylic acids is 1. The second-order valence-corrected chi connectivity index (χ2v) is 3.21. The third-order valence-corrected chi connectivity index (χ3v) is 1.64. The fourth-order valence-electron chi connectivity index (χ4n) is 1.02. The highest BCUT2D eigenvalue weighted by molar-refractivity contribution is 5.85. The van der Waals surface area contributed by atoms with Crippen LogP contribution in [-0.4, -0.2) is 24.2 Å². The fourth-order valence-corrected chi connectivity index (χ4v) is 1.02. The van der Waals surface area contributed by atoms with Crippen molar-refractivity contribution in [1.29, 1.82) is 0 Å². The third kappa shape index (κ3) is 1.85. The van der Waals surface area contributed by atoms with Crippen molar-refractivity contribution in [1.82, 2.24) is 5.32 Å².